The number of rotatable bonds is 16. The summed E-state index contributed by atoms with van der Waals surface area (Å²) < 4.78 is 35.0. The molecule has 0 saturated carbocycles. The van der Waals surface area contributed by atoms with Gasteiger partial charge in [0.25, 0.3) is 5.91 Å². The van der Waals surface area contributed by atoms with Crippen LogP contribution < -0.4 is 20.5 Å². The number of nitrogens with one attached hydrogen (secondary N) is 1. The molecular weight excluding hydrogens is 743 g/mol. The molecule has 1 fully saturated rings. The number of amides is 1. The Bertz CT molecular complexity index is 2070. The van der Waals surface area contributed by atoms with Gasteiger partial charge in [0.2, 0.25) is 0 Å². The lowest BCUT2D eigenvalue weighted by molar-refractivity contribution is -0.0927. The Morgan fingerprint density at radius 1 is 0.860 bits per heavy atom. The van der Waals surface area contributed by atoms with Gasteiger partial charge in [-0.1, -0.05) is 72.8 Å². The molecular formula is C44H52N4O8P+. The molecule has 2 N–H and O–H groups in total. The molecule has 13 heteroatoms. The van der Waals surface area contributed by atoms with Crippen LogP contribution in [0.4, 0.5) is 5.82 Å². The SMILES string of the molecule is COc1ccc(C(OC[C@H]2O[C@@H](n3ccc(NC(=O)c4ccccc4)nc3=O)C[C@@H]2O[P+](C)(O)N(C(C)C)C(C)C)(c2ccccc2)c2ccc(OC)cc2)cc1. The summed E-state index contributed by atoms with van der Waals surface area (Å²) in [5, 5.41) is 2.70. The lowest BCUT2D eigenvalue weighted by Crippen LogP contribution is -2.41. The molecule has 0 spiro atoms. The lowest BCUT2D eigenvalue weighted by Gasteiger charge is -2.38. The van der Waals surface area contributed by atoms with Crippen LogP contribution in [-0.4, -0.2) is 76.8 Å². The van der Waals surface area contributed by atoms with Crippen LogP contribution in [0.3, 0.4) is 0 Å². The molecule has 1 aliphatic rings. The molecule has 0 aliphatic carbocycles. The molecule has 1 saturated heterocycles. The second-order valence-corrected chi connectivity index (χ2v) is 16.9. The third kappa shape index (κ3) is 9.28. The summed E-state index contributed by atoms with van der Waals surface area (Å²) in [7, 11) is 0.0779. The van der Waals surface area contributed by atoms with Gasteiger partial charge in [0.05, 0.1) is 20.8 Å². The zero-order valence-corrected chi connectivity index (χ0v) is 34.3. The molecule has 6 rings (SSSR count). The Morgan fingerprint density at radius 2 is 1.39 bits per heavy atom. The Balaban J connectivity index is 1.38. The Hall–Kier alpha value is -4.94. The fourth-order valence-corrected chi connectivity index (χ4v) is 10.2. The second kappa shape index (κ2) is 18.1. The minimum absolute atomic E-state index is 0.00483. The average Bonchev–Trinajstić information content (AvgIpc) is 3.59. The molecule has 0 radical (unpaired) electrons. The lowest BCUT2D eigenvalue weighted by atomic mass is 9.80. The first kappa shape index (κ1) is 41.7. The number of hydrogen-bond acceptors (Lipinski definition) is 10. The van der Waals surface area contributed by atoms with Gasteiger partial charge < -0.3 is 24.3 Å². The molecule has 1 aliphatic heterocycles. The summed E-state index contributed by atoms with van der Waals surface area (Å²) in [6, 6.07) is 35.6. The number of nitrogens with zero attached hydrogens (tertiary/aromatic N) is 3. The van der Waals surface area contributed by atoms with Crippen LogP contribution in [-0.2, 0) is 19.6 Å². The summed E-state index contributed by atoms with van der Waals surface area (Å²) in [5.74, 6) is 1.12. The fourth-order valence-electron chi connectivity index (χ4n) is 7.66. The van der Waals surface area contributed by atoms with Gasteiger partial charge in [0.15, 0.2) is 0 Å². The smallest absolute Gasteiger partial charge is 0.351 e. The Labute approximate surface area is 334 Å². The minimum atomic E-state index is -3.17. The number of anilines is 1. The van der Waals surface area contributed by atoms with E-state index in [0.717, 1.165) is 16.7 Å². The first-order chi connectivity index (χ1) is 27.4. The van der Waals surface area contributed by atoms with E-state index >= 15 is 0 Å². The van der Waals surface area contributed by atoms with Crippen molar-refractivity contribution in [1.82, 2.24) is 14.2 Å². The predicted octanol–water partition coefficient (Wildman–Crippen LogP) is 7.70. The van der Waals surface area contributed by atoms with E-state index in [0.29, 0.717) is 17.1 Å². The molecule has 57 heavy (non-hydrogen) atoms. The molecule has 1 aromatic heterocycles. The van der Waals surface area contributed by atoms with Crippen molar-refractivity contribution in [3.05, 3.63) is 154 Å². The fraction of sp³-hybridized carbons (Fsp3) is 0.341. The van der Waals surface area contributed by atoms with Crippen LogP contribution in [0.15, 0.2) is 126 Å². The van der Waals surface area contributed by atoms with Crippen molar-refractivity contribution < 1.29 is 33.2 Å². The number of carbonyl (C=O) groups excluding carboxylic acids is 1. The van der Waals surface area contributed by atoms with E-state index < -0.39 is 37.6 Å². The van der Waals surface area contributed by atoms with Crippen molar-refractivity contribution >= 4 is 19.6 Å². The minimum Gasteiger partial charge on any atom is -0.497 e. The largest absolute Gasteiger partial charge is 0.497 e. The number of benzene rings is 4. The van der Waals surface area contributed by atoms with Crippen LogP contribution in [0.1, 0.15) is 67.4 Å². The predicted molar refractivity (Wildman–Crippen MR) is 222 cm³/mol. The van der Waals surface area contributed by atoms with Crippen molar-refractivity contribution in [1.29, 1.82) is 0 Å². The zero-order chi connectivity index (χ0) is 40.7. The molecule has 300 valence electrons. The Morgan fingerprint density at radius 3 is 1.89 bits per heavy atom. The summed E-state index contributed by atoms with van der Waals surface area (Å²) in [5.41, 5.74) is 1.21. The number of aromatic nitrogens is 2. The van der Waals surface area contributed by atoms with Crippen LogP contribution >= 0.6 is 7.87 Å². The van der Waals surface area contributed by atoms with Gasteiger partial charge in [-0.3, -0.25) is 9.36 Å². The van der Waals surface area contributed by atoms with Crippen LogP contribution in [0.5, 0.6) is 11.5 Å². The molecule has 0 bridgehead atoms. The van der Waals surface area contributed by atoms with E-state index in [2.05, 4.69) is 10.3 Å². The van der Waals surface area contributed by atoms with Gasteiger partial charge in [-0.05, 0) is 86.8 Å². The zero-order valence-electron chi connectivity index (χ0n) is 33.4. The number of ether oxygens (including phenoxy) is 4. The highest BCUT2D eigenvalue weighted by Gasteiger charge is 2.52. The van der Waals surface area contributed by atoms with E-state index in [-0.39, 0.29) is 36.8 Å². The van der Waals surface area contributed by atoms with Crippen LogP contribution in [0.25, 0.3) is 0 Å². The summed E-state index contributed by atoms with van der Waals surface area (Å²) in [6.45, 7) is 9.83. The van der Waals surface area contributed by atoms with Crippen molar-refractivity contribution in [3.63, 3.8) is 0 Å². The maximum atomic E-state index is 13.6. The second-order valence-electron chi connectivity index (χ2n) is 14.5. The summed E-state index contributed by atoms with van der Waals surface area (Å²) in [6.07, 6.45) is -0.489. The topological polar surface area (TPSA) is 134 Å². The maximum absolute atomic E-state index is 13.6. The van der Waals surface area contributed by atoms with Gasteiger partial charge in [-0.25, -0.2) is 9.69 Å². The number of carbonyl (C=O) groups is 1. The Kier molecular flexibility index (Phi) is 13.2. The molecule has 12 nitrogen and oxygen atoms in total. The van der Waals surface area contributed by atoms with Gasteiger partial charge in [0.1, 0.15) is 48.0 Å². The first-order valence-electron chi connectivity index (χ1n) is 19.0. The van der Waals surface area contributed by atoms with Gasteiger partial charge in [-0.2, -0.15) is 9.51 Å². The first-order valence-corrected chi connectivity index (χ1v) is 21.1. The summed E-state index contributed by atoms with van der Waals surface area (Å²) in [4.78, 5) is 42.6. The molecule has 1 amide bonds. The molecule has 4 aromatic carbocycles. The maximum Gasteiger partial charge on any atom is 0.351 e. The molecule has 1 unspecified atom stereocenters. The van der Waals surface area contributed by atoms with E-state index in [1.54, 1.807) is 57.4 Å². The molecule has 2 heterocycles. The van der Waals surface area contributed by atoms with E-state index in [1.165, 1.54) is 4.57 Å². The van der Waals surface area contributed by atoms with Crippen molar-refractivity contribution in [2.75, 3.05) is 32.8 Å². The van der Waals surface area contributed by atoms with Gasteiger partial charge >= 0.3 is 13.6 Å². The highest BCUT2D eigenvalue weighted by molar-refractivity contribution is 7.62. The molecule has 5 aromatic rings. The average molecular weight is 796 g/mol. The molecule has 4 atom stereocenters. The third-order valence-corrected chi connectivity index (χ3v) is 12.5. The van der Waals surface area contributed by atoms with Crippen LogP contribution in [0, 0.1) is 0 Å². The van der Waals surface area contributed by atoms with Gasteiger partial charge in [0, 0.05) is 30.3 Å². The number of methoxy groups -OCH3 is 2. The van der Waals surface area contributed by atoms with Crippen molar-refractivity contribution in [3.8, 4) is 11.5 Å². The van der Waals surface area contributed by atoms with Crippen molar-refractivity contribution in [2.45, 2.75) is 70.2 Å². The monoisotopic (exact) mass is 795 g/mol. The highest BCUT2D eigenvalue weighted by Crippen LogP contribution is 2.60. The van der Waals surface area contributed by atoms with Crippen LogP contribution in [0.2, 0.25) is 0 Å². The van der Waals surface area contributed by atoms with Crippen molar-refractivity contribution in [2.24, 2.45) is 0 Å². The van der Waals surface area contributed by atoms with E-state index in [4.69, 9.17) is 23.5 Å². The standard InChI is InChI=1S/C44H51N4O8P/c1-30(2)48(31(3)4)57(7,51)56-38-28-41(47-27-26-40(46-43(47)50)45-42(49)32-14-10-8-11-15-32)55-39(38)29-54-44(33-16-12-9-13-17-33,34-18-22-36(52-5)23-19-34)35-20-24-37(53-6)25-21-35/h8-27,30-31,38-39,41,51H,28-29H2,1-7H3/p+1/t38-,39+,41+,57?/m0/s1. The quantitative estimate of drug-likeness (QED) is 0.0757. The van der Waals surface area contributed by atoms with E-state index in [9.17, 15) is 14.5 Å². The summed E-state index contributed by atoms with van der Waals surface area (Å²) >= 11 is 0. The third-order valence-electron chi connectivity index (χ3n) is 10.1. The van der Waals surface area contributed by atoms with E-state index in [1.807, 2.05) is 117 Å². The van der Waals surface area contributed by atoms with Gasteiger partial charge in [-0.15, -0.1) is 4.67 Å². The normalized spacial score (nSPS) is 18.1. The highest BCUT2D eigenvalue weighted by atomic mass is 31.2. The number of hydrogen-bond donors (Lipinski definition) is 2.